The van der Waals surface area contributed by atoms with Gasteiger partial charge >= 0.3 is 0 Å². The fourth-order valence-corrected chi connectivity index (χ4v) is 2.41. The van der Waals surface area contributed by atoms with Crippen LogP contribution in [0.3, 0.4) is 0 Å². The fourth-order valence-electron chi connectivity index (χ4n) is 1.78. The van der Waals surface area contributed by atoms with Gasteiger partial charge in [0, 0.05) is 15.2 Å². The highest BCUT2D eigenvalue weighted by molar-refractivity contribution is 9.09. The number of hydrogen-bond donors (Lipinski definition) is 0. The molecule has 0 nitrogen and oxygen atoms in total. The molecule has 0 N–H and O–H groups in total. The molecule has 0 heterocycles. The third kappa shape index (κ3) is 2.04. The maximum Gasteiger partial charge on any atom is 0.0484 e. The van der Waals surface area contributed by atoms with E-state index < -0.39 is 0 Å². The lowest BCUT2D eigenvalue weighted by Crippen LogP contribution is -1.89. The molecule has 78 valence electrons. The van der Waals surface area contributed by atoms with Crippen molar-refractivity contribution in [3.05, 3.63) is 47.0 Å². The minimum absolute atomic E-state index is 0.402. The van der Waals surface area contributed by atoms with E-state index in [1.54, 1.807) is 0 Å². The van der Waals surface area contributed by atoms with Gasteiger partial charge < -0.3 is 0 Å². The Bertz CT molecular complexity index is 479. The number of hydrogen-bond acceptors (Lipinski definition) is 0. The van der Waals surface area contributed by atoms with E-state index in [-0.39, 0.29) is 0 Å². The summed E-state index contributed by atoms with van der Waals surface area (Å²) in [4.78, 5) is 0.402. The van der Waals surface area contributed by atoms with Gasteiger partial charge in [0.15, 0.2) is 0 Å². The predicted molar refractivity (Wildman–Crippen MR) is 70.9 cm³/mol. The largest absolute Gasteiger partial charge is 0.0839 e. The Morgan fingerprint density at radius 1 is 1.13 bits per heavy atom. The summed E-state index contributed by atoms with van der Waals surface area (Å²) in [6.07, 6.45) is 1.08. The standard InChI is InChI=1S/C13H12BrCl/c1-2-12(14)10-7-8-13(15)11-6-4-3-5-9(10)11/h3-8,12H,2H2,1H3. The lowest BCUT2D eigenvalue weighted by Gasteiger charge is -2.11. The van der Waals surface area contributed by atoms with Crippen molar-refractivity contribution >= 4 is 38.3 Å². The molecule has 1 atom stereocenters. The first-order valence-electron chi connectivity index (χ1n) is 5.05. The number of rotatable bonds is 2. The molecular weight excluding hydrogens is 272 g/mol. The average molecular weight is 284 g/mol. The van der Waals surface area contributed by atoms with Crippen LogP contribution in [0.5, 0.6) is 0 Å². The monoisotopic (exact) mass is 282 g/mol. The minimum atomic E-state index is 0.402. The first kappa shape index (κ1) is 11.0. The molecule has 0 aliphatic rings. The molecule has 0 aliphatic heterocycles. The Morgan fingerprint density at radius 2 is 1.80 bits per heavy atom. The van der Waals surface area contributed by atoms with Gasteiger partial charge in [0.1, 0.15) is 0 Å². The van der Waals surface area contributed by atoms with Gasteiger partial charge in [-0.2, -0.15) is 0 Å². The average Bonchev–Trinajstić information content (AvgIpc) is 2.29. The Kier molecular flexibility index (Phi) is 3.32. The molecule has 0 radical (unpaired) electrons. The van der Waals surface area contributed by atoms with Gasteiger partial charge in [-0.15, -0.1) is 0 Å². The molecule has 15 heavy (non-hydrogen) atoms. The van der Waals surface area contributed by atoms with Crippen LogP contribution in [0.2, 0.25) is 5.02 Å². The molecule has 0 spiro atoms. The van der Waals surface area contributed by atoms with Crippen molar-refractivity contribution in [2.75, 3.05) is 0 Å². The molecule has 2 heteroatoms. The van der Waals surface area contributed by atoms with Gasteiger partial charge in [0.2, 0.25) is 0 Å². The summed E-state index contributed by atoms with van der Waals surface area (Å²) >= 11 is 9.85. The van der Waals surface area contributed by atoms with Crippen LogP contribution >= 0.6 is 27.5 Å². The summed E-state index contributed by atoms with van der Waals surface area (Å²) in [5, 5.41) is 3.20. The molecule has 0 aliphatic carbocycles. The van der Waals surface area contributed by atoms with Crippen LogP contribution in [0.1, 0.15) is 23.7 Å². The number of fused-ring (bicyclic) bond motifs is 1. The van der Waals surface area contributed by atoms with E-state index in [0.717, 1.165) is 16.8 Å². The molecule has 0 aromatic heterocycles. The summed E-state index contributed by atoms with van der Waals surface area (Å²) in [5.41, 5.74) is 1.32. The van der Waals surface area contributed by atoms with Gasteiger partial charge in [-0.25, -0.2) is 0 Å². The van der Waals surface area contributed by atoms with Crippen LogP contribution in [0, 0.1) is 0 Å². The summed E-state index contributed by atoms with van der Waals surface area (Å²) in [6, 6.07) is 12.3. The Balaban J connectivity index is 2.71. The maximum absolute atomic E-state index is 6.16. The highest BCUT2D eigenvalue weighted by atomic mass is 79.9. The number of benzene rings is 2. The molecule has 2 rings (SSSR count). The van der Waals surface area contributed by atoms with Crippen LogP contribution in [-0.4, -0.2) is 0 Å². The molecule has 1 unspecified atom stereocenters. The SMILES string of the molecule is CCC(Br)c1ccc(Cl)c2ccccc12. The smallest absolute Gasteiger partial charge is 0.0484 e. The lowest BCUT2D eigenvalue weighted by molar-refractivity contribution is 0.919. The summed E-state index contributed by atoms with van der Waals surface area (Å²) in [7, 11) is 0. The molecule has 0 bridgehead atoms. The molecule has 0 amide bonds. The Hall–Kier alpha value is -0.530. The Morgan fingerprint density at radius 3 is 2.47 bits per heavy atom. The van der Waals surface area contributed by atoms with E-state index >= 15 is 0 Å². The van der Waals surface area contributed by atoms with Crippen molar-refractivity contribution < 1.29 is 0 Å². The van der Waals surface area contributed by atoms with Gasteiger partial charge in [-0.1, -0.05) is 64.8 Å². The number of halogens is 2. The minimum Gasteiger partial charge on any atom is -0.0839 e. The molecule has 2 aromatic rings. The van der Waals surface area contributed by atoms with Crippen LogP contribution in [0.25, 0.3) is 10.8 Å². The quantitative estimate of drug-likeness (QED) is 0.653. The van der Waals surface area contributed by atoms with Crippen molar-refractivity contribution in [3.63, 3.8) is 0 Å². The molecule has 2 aromatic carbocycles. The van der Waals surface area contributed by atoms with E-state index in [0.29, 0.717) is 4.83 Å². The van der Waals surface area contributed by atoms with Crippen molar-refractivity contribution in [2.24, 2.45) is 0 Å². The van der Waals surface area contributed by atoms with Gasteiger partial charge in [0.25, 0.3) is 0 Å². The molecular formula is C13H12BrCl. The van der Waals surface area contributed by atoms with Gasteiger partial charge in [0.05, 0.1) is 0 Å². The maximum atomic E-state index is 6.16. The topological polar surface area (TPSA) is 0 Å². The first-order chi connectivity index (χ1) is 7.24. The Labute approximate surface area is 103 Å². The van der Waals surface area contributed by atoms with Crippen molar-refractivity contribution in [3.8, 4) is 0 Å². The van der Waals surface area contributed by atoms with Crippen LogP contribution in [0.4, 0.5) is 0 Å². The highest BCUT2D eigenvalue weighted by Gasteiger charge is 2.10. The summed E-state index contributed by atoms with van der Waals surface area (Å²) in [6.45, 7) is 2.17. The third-order valence-corrected chi connectivity index (χ3v) is 4.07. The van der Waals surface area contributed by atoms with E-state index in [9.17, 15) is 0 Å². The fraction of sp³-hybridized carbons (Fsp3) is 0.231. The second kappa shape index (κ2) is 4.54. The van der Waals surface area contributed by atoms with E-state index in [1.807, 2.05) is 12.1 Å². The lowest BCUT2D eigenvalue weighted by atomic mass is 10.0. The number of alkyl halides is 1. The molecule has 0 fully saturated rings. The zero-order valence-electron chi connectivity index (χ0n) is 8.50. The van der Waals surface area contributed by atoms with Gasteiger partial charge in [-0.05, 0) is 23.4 Å². The van der Waals surface area contributed by atoms with Crippen molar-refractivity contribution in [2.45, 2.75) is 18.2 Å². The first-order valence-corrected chi connectivity index (χ1v) is 6.34. The van der Waals surface area contributed by atoms with E-state index in [4.69, 9.17) is 11.6 Å². The van der Waals surface area contributed by atoms with Crippen molar-refractivity contribution in [1.29, 1.82) is 0 Å². The van der Waals surface area contributed by atoms with Gasteiger partial charge in [-0.3, -0.25) is 0 Å². The second-order valence-corrected chi connectivity index (χ2v) is 5.07. The highest BCUT2D eigenvalue weighted by Crippen LogP contribution is 2.34. The predicted octanol–water partition coefficient (Wildman–Crippen LogP) is 5.34. The van der Waals surface area contributed by atoms with Crippen LogP contribution < -0.4 is 0 Å². The summed E-state index contributed by atoms with van der Waals surface area (Å²) in [5.74, 6) is 0. The van der Waals surface area contributed by atoms with Crippen LogP contribution in [0.15, 0.2) is 36.4 Å². The zero-order valence-corrected chi connectivity index (χ0v) is 10.8. The van der Waals surface area contributed by atoms with E-state index in [2.05, 4.69) is 47.1 Å². The summed E-state index contributed by atoms with van der Waals surface area (Å²) < 4.78 is 0. The molecule has 0 saturated heterocycles. The van der Waals surface area contributed by atoms with Crippen molar-refractivity contribution in [1.82, 2.24) is 0 Å². The zero-order chi connectivity index (χ0) is 10.8. The third-order valence-electron chi connectivity index (χ3n) is 2.60. The normalized spacial score (nSPS) is 13.0. The molecule has 0 saturated carbocycles. The second-order valence-electron chi connectivity index (χ2n) is 3.56. The van der Waals surface area contributed by atoms with Crippen LogP contribution in [-0.2, 0) is 0 Å². The van der Waals surface area contributed by atoms with E-state index in [1.165, 1.54) is 10.9 Å².